The number of aromatic hydroxyl groups is 1. The van der Waals surface area contributed by atoms with Gasteiger partial charge in [-0.05, 0) is 31.5 Å². The van der Waals surface area contributed by atoms with Gasteiger partial charge >= 0.3 is 0 Å². The van der Waals surface area contributed by atoms with E-state index in [2.05, 4.69) is 5.32 Å². The molecule has 1 aromatic carbocycles. The van der Waals surface area contributed by atoms with Crippen LogP contribution in [-0.4, -0.2) is 24.3 Å². The minimum absolute atomic E-state index is 0.0121. The Morgan fingerprint density at radius 2 is 2.33 bits per heavy atom. The predicted molar refractivity (Wildman–Crippen MR) is 54.6 cm³/mol. The topological polar surface area (TPSA) is 41.5 Å². The third-order valence-corrected chi connectivity index (χ3v) is 2.47. The summed E-state index contributed by atoms with van der Waals surface area (Å²) in [5, 5.41) is 12.6. The molecule has 2 N–H and O–H groups in total. The van der Waals surface area contributed by atoms with E-state index in [0.717, 1.165) is 25.9 Å². The van der Waals surface area contributed by atoms with Crippen molar-refractivity contribution in [2.45, 2.75) is 18.9 Å². The number of halogens is 1. The van der Waals surface area contributed by atoms with E-state index in [4.69, 9.17) is 4.74 Å². The van der Waals surface area contributed by atoms with Gasteiger partial charge in [-0.1, -0.05) is 0 Å². The number of rotatable bonds is 2. The van der Waals surface area contributed by atoms with Crippen LogP contribution in [0, 0.1) is 5.82 Å². The van der Waals surface area contributed by atoms with Crippen molar-refractivity contribution in [1.82, 2.24) is 5.32 Å². The minimum atomic E-state index is -0.397. The molecule has 1 atom stereocenters. The molecule has 0 amide bonds. The quantitative estimate of drug-likeness (QED) is 0.781. The monoisotopic (exact) mass is 211 g/mol. The highest BCUT2D eigenvalue weighted by Gasteiger charge is 2.16. The van der Waals surface area contributed by atoms with Gasteiger partial charge in [0, 0.05) is 12.6 Å². The number of benzene rings is 1. The van der Waals surface area contributed by atoms with Gasteiger partial charge in [-0.25, -0.2) is 4.39 Å². The molecule has 2 rings (SSSR count). The molecule has 1 saturated heterocycles. The number of piperidine rings is 1. The van der Waals surface area contributed by atoms with Gasteiger partial charge < -0.3 is 15.2 Å². The highest BCUT2D eigenvalue weighted by atomic mass is 19.1. The van der Waals surface area contributed by atoms with E-state index in [1.807, 2.05) is 0 Å². The molecule has 1 unspecified atom stereocenters. The SMILES string of the molecule is Oc1ccc(F)cc1OC1CCCNC1. The van der Waals surface area contributed by atoms with Crippen molar-refractivity contribution in [3.05, 3.63) is 24.0 Å². The van der Waals surface area contributed by atoms with Crippen LogP contribution in [0.25, 0.3) is 0 Å². The normalized spacial score (nSPS) is 21.3. The first kappa shape index (κ1) is 10.2. The lowest BCUT2D eigenvalue weighted by Crippen LogP contribution is -2.37. The van der Waals surface area contributed by atoms with Crippen molar-refractivity contribution < 1.29 is 14.2 Å². The van der Waals surface area contributed by atoms with Gasteiger partial charge in [0.05, 0.1) is 0 Å². The van der Waals surface area contributed by atoms with E-state index in [-0.39, 0.29) is 17.6 Å². The van der Waals surface area contributed by atoms with Crippen LogP contribution in [0.15, 0.2) is 18.2 Å². The van der Waals surface area contributed by atoms with Gasteiger partial charge in [-0.15, -0.1) is 0 Å². The minimum Gasteiger partial charge on any atom is -0.504 e. The first-order valence-electron chi connectivity index (χ1n) is 5.11. The largest absolute Gasteiger partial charge is 0.504 e. The Hall–Kier alpha value is -1.29. The third-order valence-electron chi connectivity index (χ3n) is 2.47. The second-order valence-electron chi connectivity index (χ2n) is 3.70. The van der Waals surface area contributed by atoms with Crippen LogP contribution >= 0.6 is 0 Å². The average Bonchev–Trinajstić information content (AvgIpc) is 2.25. The molecule has 82 valence electrons. The van der Waals surface area contributed by atoms with Gasteiger partial charge in [-0.2, -0.15) is 0 Å². The van der Waals surface area contributed by atoms with Crippen molar-refractivity contribution in [1.29, 1.82) is 0 Å². The zero-order valence-electron chi connectivity index (χ0n) is 8.37. The summed E-state index contributed by atoms with van der Waals surface area (Å²) in [7, 11) is 0. The van der Waals surface area contributed by atoms with E-state index in [1.54, 1.807) is 0 Å². The van der Waals surface area contributed by atoms with Gasteiger partial charge in [-0.3, -0.25) is 0 Å². The van der Waals surface area contributed by atoms with Crippen molar-refractivity contribution in [3.8, 4) is 11.5 Å². The zero-order chi connectivity index (χ0) is 10.7. The van der Waals surface area contributed by atoms with Gasteiger partial charge in [0.25, 0.3) is 0 Å². The molecule has 1 aliphatic rings. The molecule has 0 saturated carbocycles. The van der Waals surface area contributed by atoms with Crippen LogP contribution in [0.1, 0.15) is 12.8 Å². The summed E-state index contributed by atoms with van der Waals surface area (Å²) in [6.07, 6.45) is 2.00. The first-order valence-corrected chi connectivity index (χ1v) is 5.11. The van der Waals surface area contributed by atoms with Crippen LogP contribution in [0.3, 0.4) is 0 Å². The summed E-state index contributed by atoms with van der Waals surface area (Å²) in [6, 6.07) is 3.73. The standard InChI is InChI=1S/C11H14FNO2/c12-8-3-4-10(14)11(6-8)15-9-2-1-5-13-7-9/h3-4,6,9,13-14H,1-2,5,7H2. The lowest BCUT2D eigenvalue weighted by Gasteiger charge is -2.24. The fourth-order valence-corrected chi connectivity index (χ4v) is 1.68. The fraction of sp³-hybridized carbons (Fsp3) is 0.455. The highest BCUT2D eigenvalue weighted by molar-refractivity contribution is 5.38. The molecule has 1 aliphatic heterocycles. The Balaban J connectivity index is 2.05. The molecule has 4 heteroatoms. The Morgan fingerprint density at radius 3 is 3.07 bits per heavy atom. The molecule has 15 heavy (non-hydrogen) atoms. The maximum absolute atomic E-state index is 12.9. The van der Waals surface area contributed by atoms with E-state index in [0.29, 0.717) is 0 Å². The molecule has 3 nitrogen and oxygen atoms in total. The zero-order valence-corrected chi connectivity index (χ0v) is 8.37. The second kappa shape index (κ2) is 4.49. The Kier molecular flexibility index (Phi) is 3.06. The van der Waals surface area contributed by atoms with Crippen LogP contribution < -0.4 is 10.1 Å². The molecular weight excluding hydrogens is 197 g/mol. The maximum Gasteiger partial charge on any atom is 0.164 e. The van der Waals surface area contributed by atoms with Gasteiger partial charge in [0.2, 0.25) is 0 Å². The molecule has 0 radical (unpaired) electrons. The number of phenolic OH excluding ortho intramolecular Hbond substituents is 1. The Morgan fingerprint density at radius 1 is 1.47 bits per heavy atom. The first-order chi connectivity index (χ1) is 7.25. The van der Waals surface area contributed by atoms with E-state index < -0.39 is 5.82 Å². The molecule has 0 aromatic heterocycles. The molecule has 0 spiro atoms. The summed E-state index contributed by atoms with van der Waals surface area (Å²) in [5.41, 5.74) is 0. The molecule has 0 aliphatic carbocycles. The van der Waals surface area contributed by atoms with Crippen molar-refractivity contribution in [2.75, 3.05) is 13.1 Å². The second-order valence-corrected chi connectivity index (χ2v) is 3.70. The van der Waals surface area contributed by atoms with E-state index >= 15 is 0 Å². The lowest BCUT2D eigenvalue weighted by atomic mass is 10.1. The Labute approximate surface area is 87.9 Å². The number of ether oxygens (including phenoxy) is 1. The summed E-state index contributed by atoms with van der Waals surface area (Å²) >= 11 is 0. The van der Waals surface area contributed by atoms with Crippen molar-refractivity contribution in [2.24, 2.45) is 0 Å². The number of phenols is 1. The molecular formula is C11H14FNO2. The summed E-state index contributed by atoms with van der Waals surface area (Å²) in [6.45, 7) is 1.74. The van der Waals surface area contributed by atoms with Crippen molar-refractivity contribution in [3.63, 3.8) is 0 Å². The van der Waals surface area contributed by atoms with Crippen LogP contribution in [0.4, 0.5) is 4.39 Å². The molecule has 1 aromatic rings. The maximum atomic E-state index is 12.9. The Bertz CT molecular complexity index is 337. The predicted octanol–water partition coefficient (Wildman–Crippen LogP) is 1.66. The molecule has 1 fully saturated rings. The van der Waals surface area contributed by atoms with E-state index in [1.165, 1.54) is 18.2 Å². The van der Waals surface area contributed by atoms with Crippen LogP contribution in [-0.2, 0) is 0 Å². The van der Waals surface area contributed by atoms with Gasteiger partial charge in [0.1, 0.15) is 11.9 Å². The van der Waals surface area contributed by atoms with Gasteiger partial charge in [0.15, 0.2) is 11.5 Å². The summed E-state index contributed by atoms with van der Waals surface area (Å²) in [5.74, 6) is -0.183. The lowest BCUT2D eigenvalue weighted by molar-refractivity contribution is 0.161. The van der Waals surface area contributed by atoms with Crippen LogP contribution in [0.5, 0.6) is 11.5 Å². The highest BCUT2D eigenvalue weighted by Crippen LogP contribution is 2.28. The molecule has 1 heterocycles. The average molecular weight is 211 g/mol. The summed E-state index contributed by atoms with van der Waals surface area (Å²) in [4.78, 5) is 0. The fourth-order valence-electron chi connectivity index (χ4n) is 1.68. The third kappa shape index (κ3) is 2.59. The number of nitrogens with one attached hydrogen (secondary N) is 1. The van der Waals surface area contributed by atoms with Crippen LogP contribution in [0.2, 0.25) is 0 Å². The summed E-state index contributed by atoms with van der Waals surface area (Å²) < 4.78 is 18.4. The smallest absolute Gasteiger partial charge is 0.164 e. The van der Waals surface area contributed by atoms with E-state index in [9.17, 15) is 9.50 Å². The molecule has 0 bridgehead atoms. The number of hydrogen-bond donors (Lipinski definition) is 2. The van der Waals surface area contributed by atoms with Crippen molar-refractivity contribution >= 4 is 0 Å². The number of hydrogen-bond acceptors (Lipinski definition) is 3.